The smallest absolute Gasteiger partial charge is 0.357 e. The second kappa shape index (κ2) is 7.45. The molecular formula is C19H17BrFNO3. The van der Waals surface area contributed by atoms with Crippen LogP contribution in [0.25, 0.3) is 0 Å². The topological polar surface area (TPSA) is 46.6 Å². The number of rotatable bonds is 4. The summed E-state index contributed by atoms with van der Waals surface area (Å²) in [7, 11) is 0. The Hall–Kier alpha value is -2.05. The third-order valence-corrected chi connectivity index (χ3v) is 4.88. The summed E-state index contributed by atoms with van der Waals surface area (Å²) in [5, 5.41) is 1.38. The van der Waals surface area contributed by atoms with Gasteiger partial charge in [-0.25, -0.2) is 9.18 Å². The highest BCUT2D eigenvalue weighted by molar-refractivity contribution is 9.10. The summed E-state index contributed by atoms with van der Waals surface area (Å²) in [5.74, 6) is -1.25. The molecule has 130 valence electrons. The molecule has 0 radical (unpaired) electrons. The third-order valence-electron chi connectivity index (χ3n) is 4.27. The molecule has 0 aliphatic carbocycles. The number of Topliss-reactive ketones (excluding diaryl/α,β-unsaturated/α-hetero) is 1. The van der Waals surface area contributed by atoms with E-state index < -0.39 is 17.8 Å². The summed E-state index contributed by atoms with van der Waals surface area (Å²) >= 11 is 3.15. The number of nitrogens with zero attached hydrogens (tertiary/aromatic N) is 1. The lowest BCUT2D eigenvalue weighted by Gasteiger charge is -2.22. The summed E-state index contributed by atoms with van der Waals surface area (Å²) in [6.07, 6.45) is 0.149. The van der Waals surface area contributed by atoms with Crippen molar-refractivity contribution in [2.75, 3.05) is 6.54 Å². The fraction of sp³-hybridized carbons (Fsp3) is 0.263. The normalized spacial score (nSPS) is 20.7. The Labute approximate surface area is 153 Å². The molecule has 2 aromatic carbocycles. The quantitative estimate of drug-likeness (QED) is 0.775. The van der Waals surface area contributed by atoms with Crippen LogP contribution in [0, 0.1) is 11.7 Å². The van der Waals surface area contributed by atoms with Gasteiger partial charge in [-0.1, -0.05) is 37.3 Å². The fourth-order valence-electron chi connectivity index (χ4n) is 2.91. The summed E-state index contributed by atoms with van der Waals surface area (Å²) in [5.41, 5.74) is 0.810. The molecule has 25 heavy (non-hydrogen) atoms. The molecule has 1 aliphatic rings. The van der Waals surface area contributed by atoms with Gasteiger partial charge in [-0.2, -0.15) is 0 Å². The first kappa shape index (κ1) is 17.8. The Kier molecular flexibility index (Phi) is 5.30. The number of halogens is 2. The predicted octanol–water partition coefficient (Wildman–Crippen LogP) is 3.79. The summed E-state index contributed by atoms with van der Waals surface area (Å²) < 4.78 is 14.6. The largest absolute Gasteiger partial charge is 0.363 e. The number of hydrogen-bond acceptors (Lipinski definition) is 4. The second-order valence-electron chi connectivity index (χ2n) is 6.08. The molecule has 2 aromatic rings. The first-order valence-electron chi connectivity index (χ1n) is 7.98. The van der Waals surface area contributed by atoms with Gasteiger partial charge in [0.05, 0.1) is 10.0 Å². The van der Waals surface area contributed by atoms with Crippen molar-refractivity contribution in [2.45, 2.75) is 19.4 Å². The summed E-state index contributed by atoms with van der Waals surface area (Å²) in [6, 6.07) is 12.8. The van der Waals surface area contributed by atoms with E-state index in [1.165, 1.54) is 5.06 Å². The van der Waals surface area contributed by atoms with Gasteiger partial charge in [0.25, 0.3) is 0 Å². The molecule has 0 spiro atoms. The van der Waals surface area contributed by atoms with E-state index in [0.29, 0.717) is 22.1 Å². The molecule has 4 nitrogen and oxygen atoms in total. The van der Waals surface area contributed by atoms with Crippen molar-refractivity contribution in [3.63, 3.8) is 0 Å². The zero-order valence-corrected chi connectivity index (χ0v) is 15.2. The molecule has 6 heteroatoms. The Morgan fingerprint density at radius 2 is 1.96 bits per heavy atom. The molecule has 0 N–H and O–H groups in total. The minimum Gasteiger partial charge on any atom is -0.363 e. The lowest BCUT2D eigenvalue weighted by atomic mass is 9.99. The maximum Gasteiger partial charge on any atom is 0.357 e. The zero-order valence-electron chi connectivity index (χ0n) is 13.6. The van der Waals surface area contributed by atoms with E-state index in [1.54, 1.807) is 55.5 Å². The van der Waals surface area contributed by atoms with E-state index in [0.717, 1.165) is 0 Å². The predicted molar refractivity (Wildman–Crippen MR) is 94.3 cm³/mol. The molecule has 1 saturated heterocycles. The summed E-state index contributed by atoms with van der Waals surface area (Å²) in [4.78, 5) is 30.2. The van der Waals surface area contributed by atoms with Gasteiger partial charge in [-0.3, -0.25) is 4.79 Å². The van der Waals surface area contributed by atoms with Crippen molar-refractivity contribution in [1.82, 2.24) is 5.06 Å². The first-order valence-corrected chi connectivity index (χ1v) is 8.77. The Morgan fingerprint density at radius 3 is 2.68 bits per heavy atom. The minimum atomic E-state index is -0.688. The van der Waals surface area contributed by atoms with Gasteiger partial charge in [0.2, 0.25) is 0 Å². The lowest BCUT2D eigenvalue weighted by Crippen LogP contribution is -2.37. The van der Waals surface area contributed by atoms with E-state index in [4.69, 9.17) is 4.84 Å². The number of carbonyl (C=O) groups excluding carboxylic acids is 2. The van der Waals surface area contributed by atoms with Gasteiger partial charge >= 0.3 is 5.97 Å². The first-order chi connectivity index (χ1) is 12.0. The molecule has 1 heterocycles. The van der Waals surface area contributed by atoms with Crippen LogP contribution in [0.15, 0.2) is 53.0 Å². The van der Waals surface area contributed by atoms with Crippen LogP contribution in [0.1, 0.15) is 22.8 Å². The standard InChI is InChI=1S/C19H17BrFNO3/c1-12-11-22(25-19(24)13-6-3-2-4-7-13)16(18(12)23)10-14-8-5-9-15(20)17(14)21/h2-9,12,16H,10-11H2,1H3/t12-,16-/m0/s1. The molecule has 0 amide bonds. The van der Waals surface area contributed by atoms with Crippen LogP contribution in [0.5, 0.6) is 0 Å². The van der Waals surface area contributed by atoms with Gasteiger partial charge in [0.1, 0.15) is 11.9 Å². The van der Waals surface area contributed by atoms with E-state index >= 15 is 0 Å². The van der Waals surface area contributed by atoms with Crippen LogP contribution in [-0.4, -0.2) is 29.4 Å². The molecule has 2 atom stereocenters. The number of ketones is 1. The molecule has 3 rings (SSSR count). The van der Waals surface area contributed by atoms with Crippen LogP contribution in [-0.2, 0) is 16.1 Å². The Morgan fingerprint density at radius 1 is 1.24 bits per heavy atom. The number of hydroxylamine groups is 2. The molecule has 1 fully saturated rings. The van der Waals surface area contributed by atoms with Crippen LogP contribution in [0.3, 0.4) is 0 Å². The SMILES string of the molecule is C[C@H]1CN(OC(=O)c2ccccc2)[C@@H](Cc2cccc(Br)c2F)C1=O. The van der Waals surface area contributed by atoms with E-state index in [-0.39, 0.29) is 18.1 Å². The number of carbonyl (C=O) groups is 2. The maximum atomic E-state index is 14.2. The van der Waals surface area contributed by atoms with Crippen molar-refractivity contribution in [2.24, 2.45) is 5.92 Å². The molecule has 0 unspecified atom stereocenters. The van der Waals surface area contributed by atoms with Crippen LogP contribution in [0.4, 0.5) is 4.39 Å². The Balaban J connectivity index is 1.79. The van der Waals surface area contributed by atoms with E-state index in [9.17, 15) is 14.0 Å². The van der Waals surface area contributed by atoms with Crippen LogP contribution in [0.2, 0.25) is 0 Å². The van der Waals surface area contributed by atoms with Crippen LogP contribution >= 0.6 is 15.9 Å². The van der Waals surface area contributed by atoms with Gasteiger partial charge in [0, 0.05) is 18.9 Å². The minimum absolute atomic E-state index is 0.0553. The van der Waals surface area contributed by atoms with Crippen molar-refractivity contribution in [1.29, 1.82) is 0 Å². The van der Waals surface area contributed by atoms with Crippen molar-refractivity contribution < 1.29 is 18.8 Å². The highest BCUT2D eigenvalue weighted by atomic mass is 79.9. The molecule has 0 bridgehead atoms. The number of benzene rings is 2. The van der Waals surface area contributed by atoms with E-state index in [2.05, 4.69) is 15.9 Å². The highest BCUT2D eigenvalue weighted by Crippen LogP contribution is 2.26. The average molecular weight is 406 g/mol. The zero-order chi connectivity index (χ0) is 18.0. The van der Waals surface area contributed by atoms with Gasteiger partial charge < -0.3 is 4.84 Å². The van der Waals surface area contributed by atoms with Gasteiger partial charge in [-0.15, -0.1) is 5.06 Å². The fourth-order valence-corrected chi connectivity index (χ4v) is 3.32. The second-order valence-corrected chi connectivity index (χ2v) is 6.94. The number of hydrogen-bond donors (Lipinski definition) is 0. The highest BCUT2D eigenvalue weighted by Gasteiger charge is 2.41. The monoisotopic (exact) mass is 405 g/mol. The van der Waals surface area contributed by atoms with Crippen molar-refractivity contribution in [3.05, 3.63) is 69.9 Å². The Bertz CT molecular complexity index is 797. The molecular weight excluding hydrogens is 389 g/mol. The third kappa shape index (κ3) is 3.80. The maximum absolute atomic E-state index is 14.2. The van der Waals surface area contributed by atoms with Crippen molar-refractivity contribution >= 4 is 27.7 Å². The van der Waals surface area contributed by atoms with E-state index in [1.807, 2.05) is 0 Å². The van der Waals surface area contributed by atoms with Gasteiger partial charge in [0.15, 0.2) is 5.78 Å². The summed E-state index contributed by atoms with van der Waals surface area (Å²) in [6.45, 7) is 2.08. The molecule has 0 aromatic heterocycles. The molecule has 1 aliphatic heterocycles. The molecule has 0 saturated carbocycles. The van der Waals surface area contributed by atoms with Crippen molar-refractivity contribution in [3.8, 4) is 0 Å². The lowest BCUT2D eigenvalue weighted by molar-refractivity contribution is -0.137. The average Bonchev–Trinajstić information content (AvgIpc) is 2.87. The van der Waals surface area contributed by atoms with Gasteiger partial charge in [-0.05, 0) is 39.7 Å². The van der Waals surface area contributed by atoms with Crippen LogP contribution < -0.4 is 0 Å².